The summed E-state index contributed by atoms with van der Waals surface area (Å²) in [5.74, 6) is -0.153. The number of nitrogens with one attached hydrogen (secondary N) is 1. The molecular formula is C13H18ClNO. The van der Waals surface area contributed by atoms with E-state index < -0.39 is 0 Å². The third-order valence-corrected chi connectivity index (χ3v) is 2.76. The van der Waals surface area contributed by atoms with Crippen LogP contribution in [-0.4, -0.2) is 11.8 Å². The Kier molecular flexibility index (Phi) is 3.98. The van der Waals surface area contributed by atoms with Gasteiger partial charge >= 0.3 is 0 Å². The molecule has 0 aliphatic carbocycles. The summed E-state index contributed by atoms with van der Waals surface area (Å²) in [6, 6.07) is 6.28. The van der Waals surface area contributed by atoms with Crippen LogP contribution in [0.2, 0.25) is 0 Å². The van der Waals surface area contributed by atoms with Gasteiger partial charge in [-0.25, -0.2) is 0 Å². The standard InChI is InChI=1S/C13H18ClNO/c1-9-5-10(2)7-11(6-9)13(3,4)15-12(16)8-14/h5-7H,8H2,1-4H3,(H,15,16). The molecule has 0 radical (unpaired) electrons. The number of hydrogen-bond donors (Lipinski definition) is 1. The highest BCUT2D eigenvalue weighted by molar-refractivity contribution is 6.27. The second-order valence-corrected chi connectivity index (χ2v) is 4.95. The third-order valence-electron chi connectivity index (χ3n) is 2.52. The number of benzene rings is 1. The fourth-order valence-corrected chi connectivity index (χ4v) is 1.86. The predicted molar refractivity (Wildman–Crippen MR) is 67.8 cm³/mol. The topological polar surface area (TPSA) is 29.1 Å². The largest absolute Gasteiger partial charge is 0.346 e. The molecule has 16 heavy (non-hydrogen) atoms. The summed E-state index contributed by atoms with van der Waals surface area (Å²) in [6.45, 7) is 8.06. The number of hydrogen-bond acceptors (Lipinski definition) is 1. The van der Waals surface area contributed by atoms with Gasteiger partial charge in [0.2, 0.25) is 5.91 Å². The zero-order valence-corrected chi connectivity index (χ0v) is 11.0. The normalized spacial score (nSPS) is 11.3. The molecule has 88 valence electrons. The van der Waals surface area contributed by atoms with E-state index in [1.165, 1.54) is 11.1 Å². The molecule has 3 heteroatoms. The van der Waals surface area contributed by atoms with Crippen LogP contribution in [0.3, 0.4) is 0 Å². The Hall–Kier alpha value is -1.02. The van der Waals surface area contributed by atoms with Gasteiger partial charge in [-0.05, 0) is 33.3 Å². The van der Waals surface area contributed by atoms with Crippen molar-refractivity contribution in [3.63, 3.8) is 0 Å². The molecule has 0 aliphatic heterocycles. The highest BCUT2D eigenvalue weighted by atomic mass is 35.5. The first-order valence-corrected chi connectivity index (χ1v) is 5.84. The van der Waals surface area contributed by atoms with Crippen molar-refractivity contribution in [3.05, 3.63) is 34.9 Å². The fraction of sp³-hybridized carbons (Fsp3) is 0.462. The molecule has 1 rings (SSSR count). The summed E-state index contributed by atoms with van der Waals surface area (Å²) < 4.78 is 0. The average molecular weight is 240 g/mol. The van der Waals surface area contributed by atoms with Crippen molar-refractivity contribution in [2.45, 2.75) is 33.2 Å². The van der Waals surface area contributed by atoms with Crippen LogP contribution in [0.4, 0.5) is 0 Å². The first kappa shape index (κ1) is 13.0. The summed E-state index contributed by atoms with van der Waals surface area (Å²) >= 11 is 5.50. The molecule has 0 atom stereocenters. The Morgan fingerprint density at radius 1 is 1.25 bits per heavy atom. The monoisotopic (exact) mass is 239 g/mol. The van der Waals surface area contributed by atoms with E-state index >= 15 is 0 Å². The molecule has 0 unspecified atom stereocenters. The zero-order valence-electron chi connectivity index (χ0n) is 10.2. The summed E-state index contributed by atoms with van der Waals surface area (Å²) in [5.41, 5.74) is 3.11. The van der Waals surface area contributed by atoms with E-state index in [9.17, 15) is 4.79 Å². The zero-order chi connectivity index (χ0) is 12.3. The lowest BCUT2D eigenvalue weighted by Crippen LogP contribution is -2.41. The summed E-state index contributed by atoms with van der Waals surface area (Å²) in [6.07, 6.45) is 0. The first-order chi connectivity index (χ1) is 7.35. The highest BCUT2D eigenvalue weighted by Gasteiger charge is 2.22. The van der Waals surface area contributed by atoms with Crippen LogP contribution in [0, 0.1) is 13.8 Å². The van der Waals surface area contributed by atoms with Gasteiger partial charge in [0.1, 0.15) is 5.88 Å². The first-order valence-electron chi connectivity index (χ1n) is 5.31. The molecule has 0 bridgehead atoms. The van der Waals surface area contributed by atoms with Gasteiger partial charge in [-0.2, -0.15) is 0 Å². The maximum absolute atomic E-state index is 11.3. The van der Waals surface area contributed by atoms with Crippen LogP contribution in [0.1, 0.15) is 30.5 Å². The van der Waals surface area contributed by atoms with Crippen LogP contribution < -0.4 is 5.32 Å². The van der Waals surface area contributed by atoms with E-state index in [1.54, 1.807) is 0 Å². The van der Waals surface area contributed by atoms with Gasteiger partial charge in [0.05, 0.1) is 5.54 Å². The fourth-order valence-electron chi connectivity index (χ4n) is 1.79. The predicted octanol–water partition coefficient (Wildman–Crippen LogP) is 2.89. The molecule has 0 aromatic heterocycles. The lowest BCUT2D eigenvalue weighted by atomic mass is 9.91. The number of amides is 1. The summed E-state index contributed by atoms with van der Waals surface area (Å²) in [7, 11) is 0. The minimum absolute atomic E-state index is 0.00573. The molecule has 1 aromatic rings. The van der Waals surface area contributed by atoms with E-state index in [4.69, 9.17) is 11.6 Å². The summed E-state index contributed by atoms with van der Waals surface area (Å²) in [5, 5.41) is 2.91. The number of alkyl halides is 1. The number of carbonyl (C=O) groups excluding carboxylic acids is 1. The molecule has 1 amide bonds. The van der Waals surface area contributed by atoms with Crippen LogP contribution in [0.25, 0.3) is 0 Å². The Morgan fingerprint density at radius 2 is 1.75 bits per heavy atom. The molecule has 0 spiro atoms. The second-order valence-electron chi connectivity index (χ2n) is 4.68. The maximum atomic E-state index is 11.3. The van der Waals surface area contributed by atoms with Gasteiger partial charge in [-0.1, -0.05) is 29.3 Å². The van der Waals surface area contributed by atoms with Crippen LogP contribution in [0.15, 0.2) is 18.2 Å². The second kappa shape index (κ2) is 4.88. The summed E-state index contributed by atoms with van der Waals surface area (Å²) in [4.78, 5) is 11.3. The van der Waals surface area contributed by atoms with Gasteiger partial charge in [0.25, 0.3) is 0 Å². The third kappa shape index (κ3) is 3.24. The minimum Gasteiger partial charge on any atom is -0.346 e. The molecule has 0 fully saturated rings. The lowest BCUT2D eigenvalue weighted by molar-refractivity contribution is -0.120. The van der Waals surface area contributed by atoms with Gasteiger partial charge in [0, 0.05) is 0 Å². The Balaban J connectivity index is 3.01. The van der Waals surface area contributed by atoms with E-state index in [0.29, 0.717) is 0 Å². The van der Waals surface area contributed by atoms with Crippen molar-refractivity contribution in [3.8, 4) is 0 Å². The molecule has 0 aliphatic rings. The van der Waals surface area contributed by atoms with Crippen molar-refractivity contribution in [1.29, 1.82) is 0 Å². The van der Waals surface area contributed by atoms with Crippen molar-refractivity contribution < 1.29 is 4.79 Å². The van der Waals surface area contributed by atoms with Gasteiger partial charge in [0.15, 0.2) is 0 Å². The number of carbonyl (C=O) groups is 1. The number of aryl methyl sites for hydroxylation is 2. The quantitative estimate of drug-likeness (QED) is 0.808. The Morgan fingerprint density at radius 3 is 2.19 bits per heavy atom. The Labute approximate surface area is 102 Å². The smallest absolute Gasteiger partial charge is 0.235 e. The lowest BCUT2D eigenvalue weighted by Gasteiger charge is -2.27. The number of rotatable bonds is 3. The molecule has 2 nitrogen and oxygen atoms in total. The van der Waals surface area contributed by atoms with E-state index in [0.717, 1.165) is 5.56 Å². The van der Waals surface area contributed by atoms with Crippen molar-refractivity contribution in [1.82, 2.24) is 5.32 Å². The van der Waals surface area contributed by atoms with E-state index in [-0.39, 0.29) is 17.3 Å². The molecule has 1 aromatic carbocycles. The molecule has 0 saturated heterocycles. The van der Waals surface area contributed by atoms with Crippen LogP contribution in [0.5, 0.6) is 0 Å². The maximum Gasteiger partial charge on any atom is 0.235 e. The van der Waals surface area contributed by atoms with Gasteiger partial charge in [-0.15, -0.1) is 11.6 Å². The van der Waals surface area contributed by atoms with Gasteiger partial charge < -0.3 is 5.32 Å². The molecule has 1 N–H and O–H groups in total. The SMILES string of the molecule is Cc1cc(C)cc(C(C)(C)NC(=O)CCl)c1. The van der Waals surface area contributed by atoms with Crippen molar-refractivity contribution in [2.24, 2.45) is 0 Å². The van der Waals surface area contributed by atoms with E-state index in [1.807, 2.05) is 13.8 Å². The Bertz CT molecular complexity index is 379. The minimum atomic E-state index is -0.386. The van der Waals surface area contributed by atoms with Crippen LogP contribution in [-0.2, 0) is 10.3 Å². The average Bonchev–Trinajstić information content (AvgIpc) is 2.15. The highest BCUT2D eigenvalue weighted by Crippen LogP contribution is 2.22. The molecule has 0 heterocycles. The van der Waals surface area contributed by atoms with Crippen molar-refractivity contribution >= 4 is 17.5 Å². The molecular weight excluding hydrogens is 222 g/mol. The van der Waals surface area contributed by atoms with E-state index in [2.05, 4.69) is 37.4 Å². The number of halogens is 1. The van der Waals surface area contributed by atoms with Gasteiger partial charge in [-0.3, -0.25) is 4.79 Å². The van der Waals surface area contributed by atoms with Crippen molar-refractivity contribution in [2.75, 3.05) is 5.88 Å². The molecule has 0 saturated carbocycles. The van der Waals surface area contributed by atoms with Crippen LogP contribution >= 0.6 is 11.6 Å².